The fraction of sp³-hybridized carbons (Fsp3) is 1.00. The molecular weight excluding hydrogens is 90.1 g/mol. The highest BCUT2D eigenvalue weighted by Crippen LogP contribution is 2.41. The Morgan fingerprint density at radius 2 is 1.86 bits per heavy atom. The van der Waals surface area contributed by atoms with Crippen LogP contribution in [-0.4, -0.2) is 6.17 Å². The Kier molecular flexibility index (Phi) is 0.875. The first-order valence-corrected chi connectivity index (χ1v) is 2.74. The van der Waals surface area contributed by atoms with Gasteiger partial charge < -0.3 is 0 Å². The maximum absolute atomic E-state index is 12.0. The molecule has 1 rings (SSSR count). The van der Waals surface area contributed by atoms with E-state index in [1.807, 2.05) is 0 Å². The van der Waals surface area contributed by atoms with Crippen molar-refractivity contribution in [2.45, 2.75) is 32.9 Å². The maximum atomic E-state index is 12.0. The van der Waals surface area contributed by atoms with E-state index in [0.29, 0.717) is 5.41 Å². The van der Waals surface area contributed by atoms with E-state index in [4.69, 9.17) is 0 Å². The molecule has 0 unspecified atom stereocenters. The molecule has 1 heteroatoms. The summed E-state index contributed by atoms with van der Waals surface area (Å²) in [5.41, 5.74) is 0.319. The second kappa shape index (κ2) is 1.21. The molecule has 0 N–H and O–H groups in total. The number of rotatable bonds is 0. The Morgan fingerprint density at radius 3 is 1.86 bits per heavy atom. The first-order chi connectivity index (χ1) is 3.10. The third-order valence-electron chi connectivity index (χ3n) is 1.55. The molecule has 0 aromatic heterocycles. The third-order valence-corrected chi connectivity index (χ3v) is 1.55. The summed E-state index contributed by atoms with van der Waals surface area (Å²) in [4.78, 5) is 0. The van der Waals surface area contributed by atoms with Crippen molar-refractivity contribution in [3.05, 3.63) is 0 Å². The monoisotopic (exact) mass is 101 g/mol. The van der Waals surface area contributed by atoms with Gasteiger partial charge in [-0.3, -0.25) is 0 Å². The van der Waals surface area contributed by atoms with Crippen molar-refractivity contribution >= 4 is 0 Å². The highest BCUT2D eigenvalue weighted by molar-refractivity contribution is 4.86. The van der Waals surface area contributed by atoms with E-state index < -0.39 is 6.17 Å². The molecule has 1 aliphatic carbocycles. The van der Waals surface area contributed by atoms with Gasteiger partial charge in [-0.2, -0.15) is 0 Å². The number of hydrogen-bond acceptors (Lipinski definition) is 0. The summed E-state index contributed by atoms with van der Waals surface area (Å²) in [6.07, 6.45) is 1.05. The Labute approximate surface area is 43.7 Å². The summed E-state index contributed by atoms with van der Waals surface area (Å²) < 4.78 is 12.0. The van der Waals surface area contributed by atoms with Crippen LogP contribution in [0.15, 0.2) is 0 Å². The minimum atomic E-state index is -0.491. The fourth-order valence-electron chi connectivity index (χ4n) is 1.14. The van der Waals surface area contributed by atoms with Crippen molar-refractivity contribution in [2.75, 3.05) is 0 Å². The van der Waals surface area contributed by atoms with Crippen LogP contribution in [0.25, 0.3) is 0 Å². The molecule has 0 saturated heterocycles. The summed E-state index contributed by atoms with van der Waals surface area (Å²) in [6.45, 7) is 4.20. The lowest BCUT2D eigenvalue weighted by atomic mass is 9.71. The van der Waals surface area contributed by atoms with E-state index in [0.717, 1.165) is 12.8 Å². The Bertz CT molecular complexity index is 68.2. The third kappa shape index (κ3) is 0.929. The van der Waals surface area contributed by atoms with Gasteiger partial charge in [0.25, 0.3) is 0 Å². The number of hydrogen-bond donors (Lipinski definition) is 0. The molecule has 1 saturated carbocycles. The van der Waals surface area contributed by atoms with Crippen LogP contribution in [0.3, 0.4) is 0 Å². The molecule has 42 valence electrons. The van der Waals surface area contributed by atoms with E-state index in [2.05, 4.69) is 13.8 Å². The van der Waals surface area contributed by atoms with E-state index in [1.165, 1.54) is 0 Å². The van der Waals surface area contributed by atoms with Crippen LogP contribution in [0.2, 0.25) is 0 Å². The van der Waals surface area contributed by atoms with Crippen LogP contribution < -0.4 is 0 Å². The van der Waals surface area contributed by atoms with Crippen LogP contribution in [0.5, 0.6) is 0 Å². The number of alkyl halides is 1. The van der Waals surface area contributed by atoms with Crippen molar-refractivity contribution in [3.8, 4) is 0 Å². The first kappa shape index (κ1) is 5.07. The summed E-state index contributed by atoms with van der Waals surface area (Å²) in [5, 5.41) is 0. The zero-order valence-electron chi connectivity index (χ0n) is 4.87. The molecule has 7 heavy (non-hydrogen) atoms. The molecule has 0 aromatic rings. The van der Waals surface area contributed by atoms with Gasteiger partial charge in [0.15, 0.2) is 0 Å². The second-order valence-electron chi connectivity index (χ2n) is 3.17. The largest absolute Gasteiger partial charge is 0.247 e. The van der Waals surface area contributed by atoms with Crippen molar-refractivity contribution in [2.24, 2.45) is 5.41 Å². The Morgan fingerprint density at radius 1 is 1.43 bits per heavy atom. The smallest absolute Gasteiger partial charge is 0.101 e. The average molecular weight is 101 g/mol. The molecular formula is C6H11F. The van der Waals surface area contributed by atoms with Crippen LogP contribution in [-0.2, 0) is 0 Å². The first-order valence-electron chi connectivity index (χ1n) is 2.74. The predicted octanol–water partition coefficient (Wildman–Crippen LogP) is 2.14. The molecule has 0 spiro atoms. The van der Waals surface area contributed by atoms with Crippen molar-refractivity contribution in [1.29, 1.82) is 0 Å². The molecule has 0 atom stereocenters. The molecule has 0 aromatic carbocycles. The minimum Gasteiger partial charge on any atom is -0.247 e. The lowest BCUT2D eigenvalue weighted by Gasteiger charge is -2.37. The van der Waals surface area contributed by atoms with Gasteiger partial charge in [-0.15, -0.1) is 0 Å². The Hall–Kier alpha value is -0.0700. The van der Waals surface area contributed by atoms with Crippen molar-refractivity contribution in [1.82, 2.24) is 0 Å². The Balaban J connectivity index is 2.29. The van der Waals surface area contributed by atoms with Gasteiger partial charge in [-0.25, -0.2) is 4.39 Å². The van der Waals surface area contributed by atoms with Crippen LogP contribution >= 0.6 is 0 Å². The summed E-state index contributed by atoms with van der Waals surface area (Å²) in [5.74, 6) is 0. The lowest BCUT2D eigenvalue weighted by Crippen LogP contribution is -2.32. The normalized spacial score (nSPS) is 29.6. The van der Waals surface area contributed by atoms with E-state index in [9.17, 15) is 4.39 Å². The minimum absolute atomic E-state index is 0.319. The van der Waals surface area contributed by atoms with E-state index in [-0.39, 0.29) is 0 Å². The van der Waals surface area contributed by atoms with Gasteiger partial charge in [-0.05, 0) is 18.3 Å². The van der Waals surface area contributed by atoms with Crippen molar-refractivity contribution < 1.29 is 4.39 Å². The average Bonchev–Trinajstić information content (AvgIpc) is 1.27. The zero-order chi connectivity index (χ0) is 5.49. The van der Waals surface area contributed by atoms with Gasteiger partial charge in [-0.1, -0.05) is 13.8 Å². The molecule has 1 fully saturated rings. The number of halogens is 1. The summed E-state index contributed by atoms with van der Waals surface area (Å²) >= 11 is 0. The van der Waals surface area contributed by atoms with E-state index >= 15 is 0 Å². The van der Waals surface area contributed by atoms with Gasteiger partial charge in [0.2, 0.25) is 0 Å². The standard InChI is InChI=1S/C6H11F/c1-6(2)3-5(7)4-6/h5H,3-4H2,1-2H3/i7-1. The van der Waals surface area contributed by atoms with Crippen LogP contribution in [0.1, 0.15) is 26.7 Å². The summed E-state index contributed by atoms with van der Waals surface area (Å²) in [6, 6.07) is 0. The topological polar surface area (TPSA) is 0 Å². The lowest BCUT2D eigenvalue weighted by molar-refractivity contribution is 0.0591. The van der Waals surface area contributed by atoms with Gasteiger partial charge in [0.05, 0.1) is 0 Å². The maximum Gasteiger partial charge on any atom is 0.101 e. The highest BCUT2D eigenvalue weighted by Gasteiger charge is 2.35. The molecule has 0 radical (unpaired) electrons. The van der Waals surface area contributed by atoms with Crippen LogP contribution in [0, 0.1) is 5.41 Å². The second-order valence-corrected chi connectivity index (χ2v) is 3.17. The quantitative estimate of drug-likeness (QED) is 0.438. The molecule has 0 amide bonds. The molecule has 0 heterocycles. The van der Waals surface area contributed by atoms with Crippen LogP contribution in [0.4, 0.5) is 4.39 Å². The molecule has 0 nitrogen and oxygen atoms in total. The fourth-order valence-corrected chi connectivity index (χ4v) is 1.14. The predicted molar refractivity (Wildman–Crippen MR) is 27.9 cm³/mol. The van der Waals surface area contributed by atoms with Gasteiger partial charge in [0.1, 0.15) is 6.17 Å². The molecule has 0 aliphatic heterocycles. The SMILES string of the molecule is CC1(C)CC([18F])C1. The molecule has 0 bridgehead atoms. The van der Waals surface area contributed by atoms with Crippen molar-refractivity contribution in [3.63, 3.8) is 0 Å². The highest BCUT2D eigenvalue weighted by atomic mass is 18.2. The molecule has 1 aliphatic rings. The zero-order valence-corrected chi connectivity index (χ0v) is 4.87. The summed E-state index contributed by atoms with van der Waals surface area (Å²) in [7, 11) is 0. The van der Waals surface area contributed by atoms with Gasteiger partial charge >= 0.3 is 0 Å². The van der Waals surface area contributed by atoms with E-state index in [1.54, 1.807) is 0 Å². The van der Waals surface area contributed by atoms with Gasteiger partial charge in [0, 0.05) is 0 Å².